The van der Waals surface area contributed by atoms with Crippen LogP contribution in [0.2, 0.25) is 0 Å². The van der Waals surface area contributed by atoms with Gasteiger partial charge in [0.15, 0.2) is 0 Å². The first-order valence-corrected chi connectivity index (χ1v) is 9.01. The number of nitrogens with zero attached hydrogens (tertiary/aromatic N) is 1. The van der Waals surface area contributed by atoms with E-state index in [4.69, 9.17) is 0 Å². The highest BCUT2D eigenvalue weighted by Crippen LogP contribution is 2.12. The summed E-state index contributed by atoms with van der Waals surface area (Å²) in [5.41, 5.74) is 0. The van der Waals surface area contributed by atoms with Crippen LogP contribution in [0.5, 0.6) is 0 Å². The molecule has 3 heteroatoms. The van der Waals surface area contributed by atoms with E-state index < -0.39 is 0 Å². The molecule has 1 amide bonds. The second-order valence-corrected chi connectivity index (χ2v) is 6.43. The first kappa shape index (κ1) is 18.9. The molecular weight excluding hydrogens is 302 g/mol. The van der Waals surface area contributed by atoms with E-state index in [9.17, 15) is 4.79 Å². The summed E-state index contributed by atoms with van der Waals surface area (Å²) >= 11 is 3.50. The minimum atomic E-state index is 0.00449. The number of hydrogen-bond donors (Lipinski definition) is 0. The number of rotatable bonds is 12. The third-order valence-corrected chi connectivity index (χ3v) is 4.54. The minimum Gasteiger partial charge on any atom is -0.342 e. The molecule has 0 radical (unpaired) electrons. The van der Waals surface area contributed by atoms with Crippen LogP contribution in [0.1, 0.15) is 78.6 Å². The zero-order valence-corrected chi connectivity index (χ0v) is 14.7. The quantitative estimate of drug-likeness (QED) is 0.357. The van der Waals surface area contributed by atoms with Crippen molar-refractivity contribution in [2.24, 2.45) is 0 Å². The fourth-order valence-electron chi connectivity index (χ4n) is 2.16. The van der Waals surface area contributed by atoms with Crippen molar-refractivity contribution in [3.05, 3.63) is 0 Å². The zero-order valence-electron chi connectivity index (χ0n) is 13.1. The molecule has 0 aliphatic rings. The van der Waals surface area contributed by atoms with Crippen LogP contribution in [-0.2, 0) is 4.79 Å². The van der Waals surface area contributed by atoms with E-state index in [-0.39, 0.29) is 10.7 Å². The fraction of sp³-hybridized carbons (Fsp3) is 0.938. The molecule has 0 fully saturated rings. The number of unbranched alkanes of at least 4 members (excludes halogenated alkanes) is 6. The lowest BCUT2D eigenvalue weighted by molar-refractivity contribution is -0.130. The predicted molar refractivity (Wildman–Crippen MR) is 87.9 cm³/mol. The van der Waals surface area contributed by atoms with E-state index in [2.05, 4.69) is 41.6 Å². The monoisotopic (exact) mass is 333 g/mol. The van der Waals surface area contributed by atoms with E-state index >= 15 is 0 Å². The van der Waals surface area contributed by atoms with Crippen molar-refractivity contribution >= 4 is 21.8 Å². The summed E-state index contributed by atoms with van der Waals surface area (Å²) in [6, 6.07) is 0. The van der Waals surface area contributed by atoms with Gasteiger partial charge in [0.1, 0.15) is 0 Å². The summed E-state index contributed by atoms with van der Waals surface area (Å²) in [6.45, 7) is 8.38. The topological polar surface area (TPSA) is 20.3 Å². The summed E-state index contributed by atoms with van der Waals surface area (Å²) in [5, 5.41) is 0. The lowest BCUT2D eigenvalue weighted by Gasteiger charge is -2.25. The molecule has 0 aliphatic heterocycles. The van der Waals surface area contributed by atoms with E-state index in [1.165, 1.54) is 38.5 Å². The average molecular weight is 334 g/mol. The van der Waals surface area contributed by atoms with Gasteiger partial charge in [0.2, 0.25) is 5.91 Å². The fourth-order valence-corrected chi connectivity index (χ4v) is 2.45. The van der Waals surface area contributed by atoms with Crippen molar-refractivity contribution in [2.75, 3.05) is 13.1 Å². The lowest BCUT2D eigenvalue weighted by atomic mass is 10.1. The molecule has 0 saturated carbocycles. The first-order chi connectivity index (χ1) is 9.17. The third kappa shape index (κ3) is 9.48. The summed E-state index contributed by atoms with van der Waals surface area (Å²) in [6.07, 6.45) is 10.7. The molecule has 2 nitrogen and oxygen atoms in total. The molecule has 114 valence electrons. The Bertz CT molecular complexity index is 209. The highest BCUT2D eigenvalue weighted by atomic mass is 79.9. The third-order valence-electron chi connectivity index (χ3n) is 3.50. The van der Waals surface area contributed by atoms with Gasteiger partial charge in [-0.1, -0.05) is 75.2 Å². The number of amides is 1. The molecule has 19 heavy (non-hydrogen) atoms. The molecule has 0 aromatic rings. The molecule has 0 N–H and O–H groups in total. The molecule has 0 bridgehead atoms. The van der Waals surface area contributed by atoms with Crippen LogP contribution >= 0.6 is 15.9 Å². The largest absolute Gasteiger partial charge is 0.342 e. The zero-order chi connectivity index (χ0) is 14.5. The summed E-state index contributed by atoms with van der Waals surface area (Å²) in [5.74, 6) is 0.287. The Morgan fingerprint density at radius 1 is 0.895 bits per heavy atom. The van der Waals surface area contributed by atoms with Crippen LogP contribution in [0.15, 0.2) is 0 Å². The molecule has 1 unspecified atom stereocenters. The van der Waals surface area contributed by atoms with Gasteiger partial charge < -0.3 is 4.90 Å². The summed E-state index contributed by atoms with van der Waals surface area (Å²) in [4.78, 5) is 14.4. The van der Waals surface area contributed by atoms with Crippen molar-refractivity contribution in [3.63, 3.8) is 0 Å². The standard InChI is InChI=1S/C16H32BrNO/c1-4-7-9-11-13-18(14-12-10-8-5-2)16(19)15(17)6-3/h15H,4-14H2,1-3H3. The van der Waals surface area contributed by atoms with E-state index in [0.29, 0.717) is 0 Å². The summed E-state index contributed by atoms with van der Waals surface area (Å²) in [7, 11) is 0. The molecule has 1 atom stereocenters. The molecule has 0 aromatic carbocycles. The van der Waals surface area contributed by atoms with Crippen molar-refractivity contribution in [1.29, 1.82) is 0 Å². The Labute approximate surface area is 128 Å². The van der Waals surface area contributed by atoms with Crippen molar-refractivity contribution in [3.8, 4) is 0 Å². The smallest absolute Gasteiger partial charge is 0.236 e. The van der Waals surface area contributed by atoms with Gasteiger partial charge in [-0.3, -0.25) is 4.79 Å². The minimum absolute atomic E-state index is 0.00449. The van der Waals surface area contributed by atoms with Crippen LogP contribution in [-0.4, -0.2) is 28.7 Å². The number of halogens is 1. The van der Waals surface area contributed by atoms with Gasteiger partial charge in [0, 0.05) is 13.1 Å². The van der Waals surface area contributed by atoms with E-state index in [1.807, 2.05) is 0 Å². The molecule has 0 aliphatic carbocycles. The highest BCUT2D eigenvalue weighted by molar-refractivity contribution is 9.10. The molecule has 0 rings (SSSR count). The Balaban J connectivity index is 4.09. The van der Waals surface area contributed by atoms with Crippen molar-refractivity contribution in [1.82, 2.24) is 4.90 Å². The number of carbonyl (C=O) groups is 1. The van der Waals surface area contributed by atoms with E-state index in [1.54, 1.807) is 0 Å². The van der Waals surface area contributed by atoms with Crippen molar-refractivity contribution < 1.29 is 4.79 Å². The maximum Gasteiger partial charge on any atom is 0.236 e. The van der Waals surface area contributed by atoms with Gasteiger partial charge in [-0.2, -0.15) is 0 Å². The second kappa shape index (κ2) is 13.0. The van der Waals surface area contributed by atoms with Gasteiger partial charge in [-0.15, -0.1) is 0 Å². The Morgan fingerprint density at radius 3 is 1.74 bits per heavy atom. The van der Waals surface area contributed by atoms with Crippen LogP contribution in [0.25, 0.3) is 0 Å². The van der Waals surface area contributed by atoms with Crippen LogP contribution < -0.4 is 0 Å². The van der Waals surface area contributed by atoms with Crippen molar-refractivity contribution in [2.45, 2.75) is 83.4 Å². The van der Waals surface area contributed by atoms with Gasteiger partial charge in [0.25, 0.3) is 0 Å². The Morgan fingerprint density at radius 2 is 1.37 bits per heavy atom. The lowest BCUT2D eigenvalue weighted by Crippen LogP contribution is -2.38. The molecule has 0 heterocycles. The molecule has 0 saturated heterocycles. The second-order valence-electron chi connectivity index (χ2n) is 5.32. The number of hydrogen-bond acceptors (Lipinski definition) is 1. The maximum absolute atomic E-state index is 12.3. The molecular formula is C16H32BrNO. The molecule has 0 spiro atoms. The Kier molecular flexibility index (Phi) is 12.9. The van der Waals surface area contributed by atoms with Crippen LogP contribution in [0.4, 0.5) is 0 Å². The van der Waals surface area contributed by atoms with Crippen LogP contribution in [0, 0.1) is 0 Å². The van der Waals surface area contributed by atoms with Gasteiger partial charge >= 0.3 is 0 Å². The van der Waals surface area contributed by atoms with Gasteiger partial charge in [-0.05, 0) is 19.3 Å². The average Bonchev–Trinajstić information content (AvgIpc) is 2.44. The van der Waals surface area contributed by atoms with Gasteiger partial charge in [0.05, 0.1) is 4.83 Å². The van der Waals surface area contributed by atoms with E-state index in [0.717, 1.165) is 32.4 Å². The number of alkyl halides is 1. The SMILES string of the molecule is CCCCCCN(CCCCCC)C(=O)C(Br)CC. The maximum atomic E-state index is 12.3. The predicted octanol–water partition coefficient (Wildman–Crippen LogP) is 5.15. The summed E-state index contributed by atoms with van der Waals surface area (Å²) < 4.78 is 0. The highest BCUT2D eigenvalue weighted by Gasteiger charge is 2.19. The van der Waals surface area contributed by atoms with Crippen LogP contribution in [0.3, 0.4) is 0 Å². The Hall–Kier alpha value is -0.0500. The molecule has 0 aromatic heterocycles. The van der Waals surface area contributed by atoms with Gasteiger partial charge in [-0.25, -0.2) is 0 Å². The first-order valence-electron chi connectivity index (χ1n) is 8.10. The number of carbonyl (C=O) groups excluding carboxylic acids is 1. The normalized spacial score (nSPS) is 12.4.